The van der Waals surface area contributed by atoms with Crippen LogP contribution in [0.4, 0.5) is 0 Å². The molecule has 1 aliphatic heterocycles. The molecule has 0 aliphatic carbocycles. The molecular formula is C28H29BrClN3O2. The molecule has 182 valence electrons. The van der Waals surface area contributed by atoms with Gasteiger partial charge in [-0.25, -0.2) is 0 Å². The first kappa shape index (κ1) is 25.4. The molecule has 7 heteroatoms. The lowest BCUT2D eigenvalue weighted by Crippen LogP contribution is -2.47. The summed E-state index contributed by atoms with van der Waals surface area (Å²) in [6.45, 7) is 10.2. The number of aliphatic hydroxyl groups excluding tert-OH is 1. The summed E-state index contributed by atoms with van der Waals surface area (Å²) in [5, 5.41) is 14.5. The zero-order valence-corrected chi connectivity index (χ0v) is 22.4. The number of nitrogens with zero attached hydrogens (tertiary/aromatic N) is 2. The van der Waals surface area contributed by atoms with Crippen molar-refractivity contribution < 1.29 is 9.90 Å². The average molecular weight is 555 g/mol. The van der Waals surface area contributed by atoms with Crippen LogP contribution in [0, 0.1) is 5.41 Å². The molecule has 2 aromatic carbocycles. The molecule has 0 saturated carbocycles. The van der Waals surface area contributed by atoms with E-state index >= 15 is 0 Å². The lowest BCUT2D eigenvalue weighted by Gasteiger charge is -2.35. The van der Waals surface area contributed by atoms with E-state index in [4.69, 9.17) is 11.6 Å². The van der Waals surface area contributed by atoms with Crippen molar-refractivity contribution in [2.24, 2.45) is 5.41 Å². The third-order valence-corrected chi connectivity index (χ3v) is 7.02. The van der Waals surface area contributed by atoms with Gasteiger partial charge in [-0.1, -0.05) is 79.1 Å². The Bertz CT molecular complexity index is 1240. The van der Waals surface area contributed by atoms with E-state index < -0.39 is 11.6 Å². The molecule has 1 aliphatic rings. The quantitative estimate of drug-likeness (QED) is 0.368. The smallest absolute Gasteiger partial charge is 0.259 e. The summed E-state index contributed by atoms with van der Waals surface area (Å²) >= 11 is 9.98. The number of carbonyl (C=O) groups is 1. The normalized spacial score (nSPS) is 19.1. The predicted molar refractivity (Wildman–Crippen MR) is 144 cm³/mol. The van der Waals surface area contributed by atoms with Crippen molar-refractivity contribution in [2.45, 2.75) is 38.8 Å². The van der Waals surface area contributed by atoms with E-state index in [2.05, 4.69) is 53.6 Å². The summed E-state index contributed by atoms with van der Waals surface area (Å²) in [5.74, 6) is 0.309. The Kier molecular flexibility index (Phi) is 7.09. The van der Waals surface area contributed by atoms with E-state index in [-0.39, 0.29) is 17.9 Å². The monoisotopic (exact) mass is 553 g/mol. The molecule has 2 atom stereocenters. The summed E-state index contributed by atoms with van der Waals surface area (Å²) < 4.78 is 0.935. The van der Waals surface area contributed by atoms with Gasteiger partial charge < -0.3 is 10.4 Å². The summed E-state index contributed by atoms with van der Waals surface area (Å²) in [4.78, 5) is 20.2. The maximum absolute atomic E-state index is 14.2. The minimum absolute atomic E-state index is 0.145. The number of pyridine rings is 1. The molecule has 5 nitrogen and oxygen atoms in total. The van der Waals surface area contributed by atoms with E-state index in [1.54, 1.807) is 17.2 Å². The zero-order chi connectivity index (χ0) is 25.4. The van der Waals surface area contributed by atoms with Gasteiger partial charge in [-0.15, -0.1) is 0 Å². The Morgan fingerprint density at radius 1 is 1.17 bits per heavy atom. The molecule has 2 N–H and O–H groups in total. The molecule has 4 rings (SSSR count). The van der Waals surface area contributed by atoms with Crippen LogP contribution in [0.1, 0.15) is 44.4 Å². The second kappa shape index (κ2) is 9.76. The van der Waals surface area contributed by atoms with Crippen LogP contribution in [0.3, 0.4) is 0 Å². The molecule has 1 saturated heterocycles. The van der Waals surface area contributed by atoms with Crippen molar-refractivity contribution in [3.8, 4) is 11.3 Å². The van der Waals surface area contributed by atoms with Gasteiger partial charge >= 0.3 is 0 Å². The van der Waals surface area contributed by atoms with Gasteiger partial charge in [0, 0.05) is 21.3 Å². The fourth-order valence-electron chi connectivity index (χ4n) is 4.77. The Hall–Kier alpha value is -2.67. The topological polar surface area (TPSA) is 65.5 Å². The van der Waals surface area contributed by atoms with Gasteiger partial charge in [-0.05, 0) is 59.4 Å². The zero-order valence-electron chi connectivity index (χ0n) is 20.1. The van der Waals surface area contributed by atoms with E-state index in [1.165, 1.54) is 0 Å². The number of aliphatic hydroxyl groups is 1. The van der Waals surface area contributed by atoms with Crippen LogP contribution in [0.5, 0.6) is 0 Å². The van der Waals surface area contributed by atoms with E-state index in [1.807, 2.05) is 54.6 Å². The van der Waals surface area contributed by atoms with E-state index in [0.29, 0.717) is 17.3 Å². The van der Waals surface area contributed by atoms with Crippen molar-refractivity contribution in [1.29, 1.82) is 0 Å². The van der Waals surface area contributed by atoms with Crippen LogP contribution in [0.2, 0.25) is 5.02 Å². The minimum atomic E-state index is -1.00. The van der Waals surface area contributed by atoms with Crippen molar-refractivity contribution in [3.63, 3.8) is 0 Å². The number of carbonyl (C=O) groups excluding carboxylic acids is 1. The first-order chi connectivity index (χ1) is 16.6. The third-order valence-electron chi connectivity index (χ3n) is 6.17. The summed E-state index contributed by atoms with van der Waals surface area (Å²) in [7, 11) is 0. The fraction of sp³-hybridized carbons (Fsp3) is 0.286. The number of hydrogen-bond acceptors (Lipinski definition) is 4. The number of benzene rings is 2. The predicted octanol–water partition coefficient (Wildman–Crippen LogP) is 6.43. The SMILES string of the molecule is C=C1N[C@](CC(C)(C)C)(c2ccc(Br)cc2)C(=O)N1[C@H](CO)c1ccc(Cl)c(-c2ccccn2)c1. The van der Waals surface area contributed by atoms with Gasteiger partial charge in [-0.2, -0.15) is 0 Å². The van der Waals surface area contributed by atoms with Gasteiger partial charge in [-0.3, -0.25) is 14.7 Å². The van der Waals surface area contributed by atoms with Crippen molar-refractivity contribution >= 4 is 33.4 Å². The Balaban J connectivity index is 1.78. The number of amides is 1. The second-order valence-corrected chi connectivity index (χ2v) is 11.4. The molecule has 35 heavy (non-hydrogen) atoms. The van der Waals surface area contributed by atoms with Crippen molar-refractivity contribution in [2.75, 3.05) is 6.61 Å². The standard InChI is InChI=1S/C28H29BrClN3O2/c1-18-32-28(17-27(2,3)4,20-9-11-21(29)12-10-20)26(35)33(18)25(16-34)19-8-13-23(30)22(15-19)24-7-5-6-14-31-24/h5-15,25,32,34H,1,16-17H2,2-4H3/t25-,28-/m1/s1. The number of aromatic nitrogens is 1. The Morgan fingerprint density at radius 3 is 2.49 bits per heavy atom. The van der Waals surface area contributed by atoms with Gasteiger partial charge in [0.25, 0.3) is 5.91 Å². The molecule has 0 spiro atoms. The molecular weight excluding hydrogens is 526 g/mol. The van der Waals surface area contributed by atoms with Crippen LogP contribution in [0.15, 0.2) is 83.7 Å². The minimum Gasteiger partial charge on any atom is -0.394 e. The largest absolute Gasteiger partial charge is 0.394 e. The number of halogens is 2. The summed E-state index contributed by atoms with van der Waals surface area (Å²) in [6, 6.07) is 18.2. The van der Waals surface area contributed by atoms with Gasteiger partial charge in [0.15, 0.2) is 0 Å². The summed E-state index contributed by atoms with van der Waals surface area (Å²) in [5.41, 5.74) is 1.90. The molecule has 1 aromatic heterocycles. The lowest BCUT2D eigenvalue weighted by atomic mass is 9.75. The van der Waals surface area contributed by atoms with Gasteiger partial charge in [0.05, 0.1) is 18.3 Å². The maximum atomic E-state index is 14.2. The van der Waals surface area contributed by atoms with Crippen LogP contribution >= 0.6 is 27.5 Å². The molecule has 0 radical (unpaired) electrons. The highest BCUT2D eigenvalue weighted by Crippen LogP contribution is 2.44. The first-order valence-corrected chi connectivity index (χ1v) is 12.6. The maximum Gasteiger partial charge on any atom is 0.259 e. The number of hydrogen-bond donors (Lipinski definition) is 2. The molecule has 0 unspecified atom stereocenters. The lowest BCUT2D eigenvalue weighted by molar-refractivity contribution is -0.135. The van der Waals surface area contributed by atoms with E-state index in [0.717, 1.165) is 26.9 Å². The highest BCUT2D eigenvalue weighted by atomic mass is 79.9. The van der Waals surface area contributed by atoms with Crippen LogP contribution < -0.4 is 5.32 Å². The van der Waals surface area contributed by atoms with Crippen molar-refractivity contribution in [1.82, 2.24) is 15.2 Å². The molecule has 0 bridgehead atoms. The highest BCUT2D eigenvalue weighted by molar-refractivity contribution is 9.10. The van der Waals surface area contributed by atoms with Gasteiger partial charge in [0.1, 0.15) is 11.4 Å². The highest BCUT2D eigenvalue weighted by Gasteiger charge is 2.53. The van der Waals surface area contributed by atoms with Crippen LogP contribution in [-0.2, 0) is 10.3 Å². The second-order valence-electron chi connectivity index (χ2n) is 10.0. The van der Waals surface area contributed by atoms with Gasteiger partial charge in [0.2, 0.25) is 0 Å². The number of rotatable bonds is 6. The van der Waals surface area contributed by atoms with Crippen LogP contribution in [-0.4, -0.2) is 27.5 Å². The Morgan fingerprint density at radius 2 is 1.89 bits per heavy atom. The molecule has 3 aromatic rings. The molecule has 2 heterocycles. The average Bonchev–Trinajstić information content (AvgIpc) is 3.05. The third kappa shape index (κ3) is 5.01. The van der Waals surface area contributed by atoms with Crippen LogP contribution in [0.25, 0.3) is 11.3 Å². The fourth-order valence-corrected chi connectivity index (χ4v) is 5.25. The Labute approximate surface area is 220 Å². The molecule has 1 amide bonds. The molecule has 1 fully saturated rings. The summed E-state index contributed by atoms with van der Waals surface area (Å²) in [6.07, 6.45) is 2.25. The van der Waals surface area contributed by atoms with Crippen molar-refractivity contribution in [3.05, 3.63) is 99.9 Å². The number of nitrogens with one attached hydrogen (secondary N) is 1. The first-order valence-electron chi connectivity index (χ1n) is 11.4. The van der Waals surface area contributed by atoms with E-state index in [9.17, 15) is 9.90 Å².